The van der Waals surface area contributed by atoms with E-state index >= 15 is 0 Å². The quantitative estimate of drug-likeness (QED) is 0.119. The van der Waals surface area contributed by atoms with Crippen LogP contribution in [0.2, 0.25) is 19.6 Å². The lowest BCUT2D eigenvalue weighted by Crippen LogP contribution is -2.65. The summed E-state index contributed by atoms with van der Waals surface area (Å²) in [7, 11) is 3.52. The zero-order chi connectivity index (χ0) is 30.9. The average molecular weight is 609 g/mol. The van der Waals surface area contributed by atoms with Crippen LogP contribution in [0.25, 0.3) is 0 Å². The molecule has 0 N–H and O–H groups in total. The minimum absolute atomic E-state index is 0.0535. The largest absolute Gasteiger partial charge is 0.520 e. The second-order valence-electron chi connectivity index (χ2n) is 15.9. The van der Waals surface area contributed by atoms with Gasteiger partial charge in [-0.3, -0.25) is 0 Å². The van der Waals surface area contributed by atoms with Crippen LogP contribution in [0, 0.1) is 58.2 Å². The van der Waals surface area contributed by atoms with Crippen molar-refractivity contribution in [2.45, 2.75) is 118 Å². The molecule has 12 atom stereocenters. The van der Waals surface area contributed by atoms with Crippen LogP contribution >= 0.6 is 0 Å². The van der Waals surface area contributed by atoms with E-state index < -0.39 is 8.32 Å². The van der Waals surface area contributed by atoms with E-state index in [9.17, 15) is 0 Å². The fourth-order valence-electron chi connectivity index (χ4n) is 10.7. The Labute approximate surface area is 259 Å². The number of fused-ring (bicyclic) bond motifs is 5. The minimum Gasteiger partial charge on any atom is -0.520 e. The summed E-state index contributed by atoms with van der Waals surface area (Å²) in [4.78, 5) is 0. The first kappa shape index (κ1) is 34.3. The summed E-state index contributed by atoms with van der Waals surface area (Å²) >= 11 is 0. The van der Waals surface area contributed by atoms with Crippen molar-refractivity contribution in [1.29, 1.82) is 0 Å². The Bertz CT molecular complexity index is 904. The van der Waals surface area contributed by atoms with Crippen molar-refractivity contribution in [3.63, 3.8) is 0 Å². The average Bonchev–Trinajstić information content (AvgIpc) is 3.30. The molecule has 4 fully saturated rings. The molecule has 0 amide bonds. The molecular formula is C35H64O6Si. The van der Waals surface area contributed by atoms with Gasteiger partial charge in [-0.05, 0) is 117 Å². The first-order chi connectivity index (χ1) is 19.8. The highest BCUT2D eigenvalue weighted by Crippen LogP contribution is 2.70. The van der Waals surface area contributed by atoms with Crippen molar-refractivity contribution in [1.82, 2.24) is 0 Å². The van der Waals surface area contributed by atoms with Gasteiger partial charge in [-0.15, -0.1) is 0 Å². The van der Waals surface area contributed by atoms with Gasteiger partial charge >= 0.3 is 0 Å². The molecule has 4 unspecified atom stereocenters. The van der Waals surface area contributed by atoms with Crippen LogP contribution in [0.4, 0.5) is 0 Å². The highest BCUT2D eigenvalue weighted by atomic mass is 28.4. The smallest absolute Gasteiger partial charge is 0.260 e. The summed E-state index contributed by atoms with van der Waals surface area (Å²) < 4.78 is 36.6. The molecule has 4 aliphatic carbocycles. The Balaban J connectivity index is 1.71. The molecule has 244 valence electrons. The number of rotatable bonds is 13. The SMILES string of the molecule is CC[C@H]1C(OCOC)C2C3CC[C@H]([C@H](C)CC=C(OC)O[Si](C)(C)C)[C@@]3(C)[C@@H](OCOC)CC2[C@@]2(C)CC[C@@H](C)C[C@@H]12. The summed E-state index contributed by atoms with van der Waals surface area (Å²) in [5.74, 6) is 5.48. The van der Waals surface area contributed by atoms with Crippen LogP contribution in [0.3, 0.4) is 0 Å². The molecule has 4 aliphatic rings. The van der Waals surface area contributed by atoms with Crippen LogP contribution in [0.5, 0.6) is 0 Å². The Morgan fingerprint density at radius 1 is 0.929 bits per heavy atom. The van der Waals surface area contributed by atoms with Crippen molar-refractivity contribution in [2.75, 3.05) is 34.9 Å². The van der Waals surface area contributed by atoms with E-state index in [0.717, 1.165) is 18.8 Å². The number of allylic oxidation sites excluding steroid dienone is 1. The van der Waals surface area contributed by atoms with Crippen molar-refractivity contribution in [3.05, 3.63) is 12.0 Å². The summed E-state index contributed by atoms with van der Waals surface area (Å²) in [6.07, 6.45) is 12.3. The topological polar surface area (TPSA) is 55.4 Å². The monoisotopic (exact) mass is 608 g/mol. The van der Waals surface area contributed by atoms with E-state index in [1.165, 1.54) is 38.5 Å². The zero-order valence-electron chi connectivity index (χ0n) is 28.9. The van der Waals surface area contributed by atoms with E-state index in [1.54, 1.807) is 21.3 Å². The molecule has 42 heavy (non-hydrogen) atoms. The van der Waals surface area contributed by atoms with Crippen molar-refractivity contribution in [2.24, 2.45) is 58.2 Å². The summed E-state index contributed by atoms with van der Waals surface area (Å²) in [6.45, 7) is 19.9. The highest BCUT2D eigenvalue weighted by molar-refractivity contribution is 6.70. The van der Waals surface area contributed by atoms with Gasteiger partial charge in [0.05, 0.1) is 19.3 Å². The normalized spacial score (nSPS) is 42.8. The number of hydrogen-bond donors (Lipinski definition) is 0. The second-order valence-corrected chi connectivity index (χ2v) is 20.3. The molecule has 6 nitrogen and oxygen atoms in total. The van der Waals surface area contributed by atoms with Gasteiger partial charge in [0, 0.05) is 19.6 Å². The van der Waals surface area contributed by atoms with Gasteiger partial charge < -0.3 is 28.1 Å². The van der Waals surface area contributed by atoms with Crippen molar-refractivity contribution < 1.29 is 28.1 Å². The molecule has 0 bridgehead atoms. The summed E-state index contributed by atoms with van der Waals surface area (Å²) in [6, 6.07) is 0. The molecule has 7 heteroatoms. The van der Waals surface area contributed by atoms with E-state index in [4.69, 9.17) is 28.1 Å². The minimum atomic E-state index is -1.74. The molecule has 0 radical (unpaired) electrons. The summed E-state index contributed by atoms with van der Waals surface area (Å²) in [5.41, 5.74) is 0.382. The predicted molar refractivity (Wildman–Crippen MR) is 171 cm³/mol. The third-order valence-electron chi connectivity index (χ3n) is 12.5. The molecule has 0 heterocycles. The van der Waals surface area contributed by atoms with Gasteiger partial charge in [-0.25, -0.2) is 0 Å². The summed E-state index contributed by atoms with van der Waals surface area (Å²) in [5, 5.41) is 0. The van der Waals surface area contributed by atoms with Gasteiger partial charge in [0.25, 0.3) is 5.95 Å². The fraction of sp³-hybridized carbons (Fsp3) is 0.943. The first-order valence-electron chi connectivity index (χ1n) is 17.0. The van der Waals surface area contributed by atoms with Gasteiger partial charge in [-0.2, -0.15) is 0 Å². The third kappa shape index (κ3) is 6.52. The highest BCUT2D eigenvalue weighted by Gasteiger charge is 2.68. The zero-order valence-corrected chi connectivity index (χ0v) is 29.9. The molecule has 0 aromatic rings. The van der Waals surface area contributed by atoms with E-state index in [2.05, 4.69) is 60.3 Å². The van der Waals surface area contributed by atoms with Gasteiger partial charge in [0.2, 0.25) is 8.32 Å². The van der Waals surface area contributed by atoms with E-state index in [-0.39, 0.29) is 17.6 Å². The van der Waals surface area contributed by atoms with Crippen molar-refractivity contribution >= 4 is 8.32 Å². The van der Waals surface area contributed by atoms with Gasteiger partial charge in [0.1, 0.15) is 13.6 Å². The molecule has 0 spiro atoms. The number of methoxy groups -OCH3 is 3. The molecule has 0 aliphatic heterocycles. The molecule has 4 saturated carbocycles. The van der Waals surface area contributed by atoms with Crippen LogP contribution in [0.15, 0.2) is 12.0 Å². The first-order valence-corrected chi connectivity index (χ1v) is 20.4. The van der Waals surface area contributed by atoms with Crippen LogP contribution < -0.4 is 0 Å². The third-order valence-corrected chi connectivity index (χ3v) is 13.3. The maximum Gasteiger partial charge on any atom is 0.260 e. The second kappa shape index (κ2) is 13.8. The number of hydrogen-bond acceptors (Lipinski definition) is 6. The van der Waals surface area contributed by atoms with E-state index in [1.807, 2.05) is 0 Å². The maximum atomic E-state index is 6.81. The fourth-order valence-corrected chi connectivity index (χ4v) is 11.5. The standard InChI is InChI=1S/C35H64O6Si/c1-12-25-28-19-23(2)17-18-34(28,4)29-20-30(39-21-36-6)35(5)26(14-15-27(35)32(29)33(25)40-22-37-7)24(3)13-16-31(38-8)41-42(9,10)11/h16,23-30,32-33H,12-15,17-22H2,1-11H3/t23-,24-,25-,26-,27?,28+,29?,30+,32?,33?,34+,35-/m1/s1. The Morgan fingerprint density at radius 3 is 2.24 bits per heavy atom. The molecule has 4 rings (SSSR count). The van der Waals surface area contributed by atoms with Crippen LogP contribution in [-0.2, 0) is 28.1 Å². The lowest BCUT2D eigenvalue weighted by atomic mass is 9.40. The van der Waals surface area contributed by atoms with Crippen LogP contribution in [-0.4, -0.2) is 55.4 Å². The Hall–Kier alpha value is -0.603. The molecule has 0 saturated heterocycles. The Morgan fingerprint density at radius 2 is 1.62 bits per heavy atom. The molecular weight excluding hydrogens is 544 g/mol. The van der Waals surface area contributed by atoms with Crippen LogP contribution in [0.1, 0.15) is 86.0 Å². The lowest BCUT2D eigenvalue weighted by Gasteiger charge is -2.66. The molecule has 0 aromatic heterocycles. The van der Waals surface area contributed by atoms with Crippen molar-refractivity contribution in [3.8, 4) is 0 Å². The van der Waals surface area contributed by atoms with Gasteiger partial charge in [0.15, 0.2) is 0 Å². The maximum absolute atomic E-state index is 6.81. The molecule has 0 aromatic carbocycles. The Kier molecular flexibility index (Phi) is 11.3. The predicted octanol–water partition coefficient (Wildman–Crippen LogP) is 8.48. The number of ether oxygens (including phenoxy) is 5. The van der Waals surface area contributed by atoms with Gasteiger partial charge in [-0.1, -0.05) is 47.5 Å². The van der Waals surface area contributed by atoms with E-state index in [0.29, 0.717) is 66.4 Å². The lowest BCUT2D eigenvalue weighted by molar-refractivity contribution is -0.262.